The van der Waals surface area contributed by atoms with Gasteiger partial charge in [-0.3, -0.25) is 4.79 Å². The smallest absolute Gasteiger partial charge is 0.306 e. The summed E-state index contributed by atoms with van der Waals surface area (Å²) in [6, 6.07) is 11.5. The van der Waals surface area contributed by atoms with Crippen LogP contribution >= 0.6 is 23.2 Å². The summed E-state index contributed by atoms with van der Waals surface area (Å²) < 4.78 is 0.983. The number of hydrogen-bond acceptors (Lipinski definition) is 2. The van der Waals surface area contributed by atoms with E-state index in [1.54, 1.807) is 42.5 Å². The van der Waals surface area contributed by atoms with Gasteiger partial charge in [0.25, 0.3) is 5.56 Å². The third-order valence-electron chi connectivity index (χ3n) is 2.97. The maximum Gasteiger partial charge on any atom is 0.333 e. The molecule has 0 aliphatic heterocycles. The van der Waals surface area contributed by atoms with Gasteiger partial charge in [0, 0.05) is 0 Å². The first kappa shape index (κ1) is 13.0. The number of benzene rings is 2. The van der Waals surface area contributed by atoms with Crippen molar-refractivity contribution < 1.29 is 0 Å². The number of H-pyrrole nitrogens is 1. The number of rotatable bonds is 1. The number of para-hydroxylation sites is 1. The van der Waals surface area contributed by atoms with Crippen molar-refractivity contribution in [2.75, 3.05) is 0 Å². The molecule has 0 aliphatic carbocycles. The Balaban J connectivity index is 2.50. The van der Waals surface area contributed by atoms with Crippen molar-refractivity contribution in [1.29, 1.82) is 0 Å². The number of nitrogens with one attached hydrogen (secondary N) is 1. The highest BCUT2D eigenvalue weighted by atomic mass is 35.5. The lowest BCUT2D eigenvalue weighted by atomic mass is 10.2. The Morgan fingerprint density at radius 3 is 2.35 bits per heavy atom. The van der Waals surface area contributed by atoms with E-state index in [1.165, 1.54) is 0 Å². The Hall–Kier alpha value is -2.04. The number of aromatic amines is 1. The first-order valence-electron chi connectivity index (χ1n) is 5.78. The highest BCUT2D eigenvalue weighted by Gasteiger charge is 2.13. The topological polar surface area (TPSA) is 54.9 Å². The van der Waals surface area contributed by atoms with Gasteiger partial charge >= 0.3 is 5.69 Å². The molecular weight excluding hydrogens is 299 g/mol. The van der Waals surface area contributed by atoms with Gasteiger partial charge in [0.15, 0.2) is 0 Å². The predicted octanol–water partition coefficient (Wildman–Crippen LogP) is 2.99. The second-order valence-electron chi connectivity index (χ2n) is 4.18. The minimum absolute atomic E-state index is 0.258. The minimum atomic E-state index is -0.558. The first-order chi connectivity index (χ1) is 9.59. The summed E-state index contributed by atoms with van der Waals surface area (Å²) in [7, 11) is 0. The molecule has 1 heterocycles. The van der Waals surface area contributed by atoms with E-state index in [1.807, 2.05) is 0 Å². The fourth-order valence-electron chi connectivity index (χ4n) is 2.07. The normalized spacial score (nSPS) is 10.9. The van der Waals surface area contributed by atoms with E-state index in [9.17, 15) is 9.59 Å². The van der Waals surface area contributed by atoms with Crippen molar-refractivity contribution in [3.8, 4) is 5.69 Å². The Bertz CT molecular complexity index is 928. The quantitative estimate of drug-likeness (QED) is 0.751. The molecule has 1 N–H and O–H groups in total. The number of nitrogens with zero attached hydrogens (tertiary/aromatic N) is 1. The molecule has 0 atom stereocenters. The van der Waals surface area contributed by atoms with Crippen LogP contribution in [0, 0.1) is 0 Å². The third kappa shape index (κ3) is 1.94. The Labute approximate surface area is 123 Å². The lowest BCUT2D eigenvalue weighted by Gasteiger charge is -2.08. The number of halogens is 2. The molecule has 3 rings (SSSR count). The number of aromatic nitrogens is 2. The van der Waals surface area contributed by atoms with Gasteiger partial charge < -0.3 is 4.98 Å². The van der Waals surface area contributed by atoms with Gasteiger partial charge in [0.1, 0.15) is 0 Å². The summed E-state index contributed by atoms with van der Waals surface area (Å²) in [6.45, 7) is 0. The van der Waals surface area contributed by atoms with Crippen LogP contribution in [0.5, 0.6) is 0 Å². The molecule has 1 aromatic heterocycles. The zero-order chi connectivity index (χ0) is 14.3. The molecule has 100 valence electrons. The van der Waals surface area contributed by atoms with Crippen LogP contribution in [0.15, 0.2) is 52.1 Å². The summed E-state index contributed by atoms with van der Waals surface area (Å²) in [4.78, 5) is 27.3. The summed E-state index contributed by atoms with van der Waals surface area (Å²) in [5, 5.41) is 0.852. The average molecular weight is 307 g/mol. The molecular formula is C14H8Cl2N2O2. The molecule has 0 aliphatic rings. The van der Waals surface area contributed by atoms with Crippen molar-refractivity contribution in [2.45, 2.75) is 0 Å². The van der Waals surface area contributed by atoms with E-state index in [2.05, 4.69) is 4.98 Å². The molecule has 4 nitrogen and oxygen atoms in total. The van der Waals surface area contributed by atoms with Crippen LogP contribution in [0.3, 0.4) is 0 Å². The van der Waals surface area contributed by atoms with Gasteiger partial charge in [0.2, 0.25) is 0 Å². The highest BCUT2D eigenvalue weighted by Crippen LogP contribution is 2.20. The molecule has 6 heteroatoms. The standard InChI is InChI=1S/C14H8Cl2N2O2/c15-8-4-1-2-7-11(8)18-13(19)12-9(16)5-3-6-10(12)17-14(18)20/h1-7H,(H,17,20). The molecule has 0 saturated heterocycles. The van der Waals surface area contributed by atoms with Crippen molar-refractivity contribution in [3.05, 3.63) is 73.3 Å². The molecule has 0 amide bonds. The van der Waals surface area contributed by atoms with Crippen LogP contribution in [0.4, 0.5) is 0 Å². The van der Waals surface area contributed by atoms with Crippen molar-refractivity contribution in [1.82, 2.24) is 9.55 Å². The zero-order valence-electron chi connectivity index (χ0n) is 10.1. The predicted molar refractivity (Wildman–Crippen MR) is 80.2 cm³/mol. The lowest BCUT2D eigenvalue weighted by Crippen LogP contribution is -2.33. The average Bonchev–Trinajstić information content (AvgIpc) is 2.40. The molecule has 0 fully saturated rings. The molecule has 0 bridgehead atoms. The second kappa shape index (κ2) is 4.81. The van der Waals surface area contributed by atoms with Gasteiger partial charge in [-0.15, -0.1) is 0 Å². The fourth-order valence-corrected chi connectivity index (χ4v) is 2.55. The molecule has 0 saturated carbocycles. The first-order valence-corrected chi connectivity index (χ1v) is 6.53. The van der Waals surface area contributed by atoms with Crippen LogP contribution in [-0.2, 0) is 0 Å². The minimum Gasteiger partial charge on any atom is -0.306 e. The van der Waals surface area contributed by atoms with Crippen molar-refractivity contribution in [2.24, 2.45) is 0 Å². The Morgan fingerprint density at radius 2 is 1.60 bits per heavy atom. The Kier molecular flexibility index (Phi) is 3.12. The van der Waals surface area contributed by atoms with Crippen molar-refractivity contribution >= 4 is 34.1 Å². The number of fused-ring (bicyclic) bond motifs is 1. The van der Waals surface area contributed by atoms with Crippen LogP contribution in [0.25, 0.3) is 16.6 Å². The molecule has 3 aromatic rings. The van der Waals surface area contributed by atoms with Crippen LogP contribution in [0.2, 0.25) is 10.0 Å². The van der Waals surface area contributed by atoms with Crippen molar-refractivity contribution in [3.63, 3.8) is 0 Å². The van der Waals surface area contributed by atoms with Crippen LogP contribution < -0.4 is 11.2 Å². The van der Waals surface area contributed by atoms with Crippen LogP contribution in [0.1, 0.15) is 0 Å². The van der Waals surface area contributed by atoms with Gasteiger partial charge in [-0.2, -0.15) is 0 Å². The summed E-state index contributed by atoms with van der Waals surface area (Å²) >= 11 is 12.1. The van der Waals surface area contributed by atoms with Gasteiger partial charge in [-0.05, 0) is 24.3 Å². The summed E-state index contributed by atoms with van der Waals surface area (Å²) in [5.74, 6) is 0. The zero-order valence-corrected chi connectivity index (χ0v) is 11.6. The molecule has 0 radical (unpaired) electrons. The molecule has 0 spiro atoms. The fraction of sp³-hybridized carbons (Fsp3) is 0. The second-order valence-corrected chi connectivity index (χ2v) is 5.00. The van der Waals surface area contributed by atoms with Crippen LogP contribution in [-0.4, -0.2) is 9.55 Å². The molecule has 2 aromatic carbocycles. The maximum absolute atomic E-state index is 12.5. The van der Waals surface area contributed by atoms with E-state index < -0.39 is 11.2 Å². The Morgan fingerprint density at radius 1 is 0.900 bits per heavy atom. The van der Waals surface area contributed by atoms with E-state index in [0.29, 0.717) is 16.2 Å². The highest BCUT2D eigenvalue weighted by molar-refractivity contribution is 6.35. The summed E-state index contributed by atoms with van der Waals surface area (Å²) in [6.07, 6.45) is 0. The SMILES string of the molecule is O=c1[nH]c2cccc(Cl)c2c(=O)n1-c1ccccc1Cl. The van der Waals surface area contributed by atoms with Gasteiger partial charge in [-0.1, -0.05) is 41.4 Å². The van der Waals surface area contributed by atoms with E-state index in [4.69, 9.17) is 23.2 Å². The molecule has 20 heavy (non-hydrogen) atoms. The van der Waals surface area contributed by atoms with Gasteiger partial charge in [-0.25, -0.2) is 9.36 Å². The van der Waals surface area contributed by atoms with E-state index in [0.717, 1.165) is 4.57 Å². The van der Waals surface area contributed by atoms with E-state index in [-0.39, 0.29) is 10.4 Å². The number of hydrogen-bond donors (Lipinski definition) is 1. The largest absolute Gasteiger partial charge is 0.333 e. The summed E-state index contributed by atoms with van der Waals surface area (Å²) in [5.41, 5.74) is -0.335. The monoisotopic (exact) mass is 306 g/mol. The van der Waals surface area contributed by atoms with E-state index >= 15 is 0 Å². The molecule has 0 unspecified atom stereocenters. The maximum atomic E-state index is 12.5. The van der Waals surface area contributed by atoms with Gasteiger partial charge in [0.05, 0.1) is 26.6 Å². The third-order valence-corrected chi connectivity index (χ3v) is 3.60. The lowest BCUT2D eigenvalue weighted by molar-refractivity contribution is 0.901.